The molecule has 6 nitrogen and oxygen atoms in total. The number of aliphatic hydroxyl groups excluding tert-OH is 1. The summed E-state index contributed by atoms with van der Waals surface area (Å²) in [6, 6.07) is 0. The summed E-state index contributed by atoms with van der Waals surface area (Å²) in [6.07, 6.45) is 38.5. The maximum Gasteiger partial charge on any atom is 0.330 e. The van der Waals surface area contributed by atoms with Crippen LogP contribution in [0.1, 0.15) is 220 Å². The second-order valence-electron chi connectivity index (χ2n) is 15.3. The molecule has 0 fully saturated rings. The van der Waals surface area contributed by atoms with Crippen LogP contribution in [-0.4, -0.2) is 61.4 Å². The molecule has 0 aliphatic heterocycles. The molecule has 0 saturated carbocycles. The summed E-state index contributed by atoms with van der Waals surface area (Å²) in [7, 11) is 0. The van der Waals surface area contributed by atoms with Crippen molar-refractivity contribution in [2.75, 3.05) is 39.5 Å². The van der Waals surface area contributed by atoms with Gasteiger partial charge < -0.3 is 19.5 Å². The minimum atomic E-state index is -0.176. The fourth-order valence-corrected chi connectivity index (χ4v) is 6.86. The maximum absolute atomic E-state index is 12.5. The van der Waals surface area contributed by atoms with Crippen LogP contribution in [0.5, 0.6) is 0 Å². The van der Waals surface area contributed by atoms with Gasteiger partial charge >= 0.3 is 11.9 Å². The molecule has 0 saturated heterocycles. The van der Waals surface area contributed by atoms with Gasteiger partial charge in [0.05, 0.1) is 13.2 Å². The highest BCUT2D eigenvalue weighted by Crippen LogP contribution is 2.19. The molecule has 52 heavy (non-hydrogen) atoms. The van der Waals surface area contributed by atoms with Crippen LogP contribution in [0, 0.1) is 0 Å². The van der Waals surface area contributed by atoms with Crippen molar-refractivity contribution in [3.05, 3.63) is 23.3 Å². The Hall–Kier alpha value is -1.66. The molecule has 0 amide bonds. The van der Waals surface area contributed by atoms with E-state index < -0.39 is 0 Å². The molecule has 0 heterocycles. The topological polar surface area (TPSA) is 76.1 Å². The molecule has 0 spiro atoms. The van der Waals surface area contributed by atoms with Gasteiger partial charge in [-0.15, -0.1) is 0 Å². The second-order valence-corrected chi connectivity index (χ2v) is 15.3. The summed E-state index contributed by atoms with van der Waals surface area (Å²) >= 11 is 0. The summed E-state index contributed by atoms with van der Waals surface area (Å²) < 4.78 is 11.2. The first-order valence-electron chi connectivity index (χ1n) is 22.6. The van der Waals surface area contributed by atoms with E-state index in [1.54, 1.807) is 12.2 Å². The molecule has 0 rings (SSSR count). The average molecular weight is 734 g/mol. The third-order valence-corrected chi connectivity index (χ3v) is 10.1. The first-order valence-corrected chi connectivity index (χ1v) is 22.6. The predicted octanol–water partition coefficient (Wildman–Crippen LogP) is 13.0. The quantitative estimate of drug-likeness (QED) is 0.0384. The lowest BCUT2D eigenvalue weighted by atomic mass is 10.0. The van der Waals surface area contributed by atoms with Crippen LogP contribution in [0.2, 0.25) is 0 Å². The highest BCUT2D eigenvalue weighted by atomic mass is 16.5. The van der Waals surface area contributed by atoms with Crippen molar-refractivity contribution < 1.29 is 24.2 Å². The molecule has 0 radical (unpaired) electrons. The van der Waals surface area contributed by atoms with E-state index in [9.17, 15) is 14.7 Å². The van der Waals surface area contributed by atoms with E-state index >= 15 is 0 Å². The number of esters is 2. The summed E-state index contributed by atoms with van der Waals surface area (Å²) in [5, 5.41) is 9.39. The van der Waals surface area contributed by atoms with Crippen molar-refractivity contribution in [3.63, 3.8) is 0 Å². The highest BCUT2D eigenvalue weighted by Gasteiger charge is 2.08. The zero-order valence-electron chi connectivity index (χ0n) is 35.1. The number of carbonyl (C=O) groups excluding carboxylic acids is 2. The molecule has 0 unspecified atom stereocenters. The van der Waals surface area contributed by atoms with Gasteiger partial charge in [0.1, 0.15) is 0 Å². The average Bonchev–Trinajstić information content (AvgIpc) is 3.13. The monoisotopic (exact) mass is 734 g/mol. The molecule has 0 aliphatic carbocycles. The van der Waals surface area contributed by atoms with Crippen molar-refractivity contribution in [1.82, 2.24) is 4.90 Å². The van der Waals surface area contributed by atoms with Crippen LogP contribution in [0.25, 0.3) is 0 Å². The van der Waals surface area contributed by atoms with Crippen molar-refractivity contribution >= 4 is 11.9 Å². The Kier molecular flexibility index (Phi) is 39.2. The SMILES string of the molecule is CCCCCCCCCC/C(=C/C(=O)OCCCCCN(CCCO)CCCCCOC(=O)/C=C(\CCCC)CCCCCCCCCC)CCC. The Morgan fingerprint density at radius 3 is 1.21 bits per heavy atom. The van der Waals surface area contributed by atoms with E-state index in [-0.39, 0.29) is 18.5 Å². The van der Waals surface area contributed by atoms with Gasteiger partial charge in [0.2, 0.25) is 0 Å². The number of carbonyl (C=O) groups is 2. The molecular weight excluding hydrogens is 647 g/mol. The summed E-state index contributed by atoms with van der Waals surface area (Å²) in [6.45, 7) is 13.0. The van der Waals surface area contributed by atoms with Crippen molar-refractivity contribution in [3.8, 4) is 0 Å². The summed E-state index contributed by atoms with van der Waals surface area (Å²) in [5.41, 5.74) is 2.51. The zero-order chi connectivity index (χ0) is 38.2. The first-order chi connectivity index (χ1) is 25.5. The second kappa shape index (κ2) is 40.5. The van der Waals surface area contributed by atoms with Crippen molar-refractivity contribution in [1.29, 1.82) is 0 Å². The molecule has 6 heteroatoms. The van der Waals surface area contributed by atoms with Gasteiger partial charge in [-0.2, -0.15) is 0 Å². The van der Waals surface area contributed by atoms with Gasteiger partial charge in [-0.25, -0.2) is 9.59 Å². The van der Waals surface area contributed by atoms with E-state index in [1.165, 1.54) is 114 Å². The maximum atomic E-state index is 12.5. The van der Waals surface area contributed by atoms with Crippen LogP contribution in [0.15, 0.2) is 23.3 Å². The normalized spacial score (nSPS) is 12.2. The van der Waals surface area contributed by atoms with E-state index in [0.717, 1.165) is 110 Å². The number of ether oxygens (including phenoxy) is 2. The van der Waals surface area contributed by atoms with Gasteiger partial charge in [-0.3, -0.25) is 0 Å². The van der Waals surface area contributed by atoms with E-state index in [1.807, 2.05) is 0 Å². The molecule has 0 aromatic rings. The molecule has 0 aromatic carbocycles. The molecule has 0 bridgehead atoms. The lowest BCUT2D eigenvalue weighted by molar-refractivity contribution is -0.138. The Labute approximate surface area is 323 Å². The Bertz CT molecular complexity index is 854. The molecule has 0 aromatic heterocycles. The minimum absolute atomic E-state index is 0.169. The van der Waals surface area contributed by atoms with Crippen LogP contribution < -0.4 is 0 Å². The number of aliphatic hydroxyl groups is 1. The smallest absolute Gasteiger partial charge is 0.330 e. The molecule has 1 N–H and O–H groups in total. The zero-order valence-corrected chi connectivity index (χ0v) is 35.1. The van der Waals surface area contributed by atoms with Crippen molar-refractivity contribution in [2.45, 2.75) is 220 Å². The van der Waals surface area contributed by atoms with Crippen LogP contribution in [-0.2, 0) is 19.1 Å². The summed E-state index contributed by atoms with van der Waals surface area (Å²) in [4.78, 5) is 27.4. The molecule has 0 aliphatic rings. The van der Waals surface area contributed by atoms with Gasteiger partial charge in [-0.1, -0.05) is 142 Å². The number of allylic oxidation sites excluding steroid dienone is 2. The van der Waals surface area contributed by atoms with Gasteiger partial charge in [0.25, 0.3) is 0 Å². The molecule has 306 valence electrons. The Morgan fingerprint density at radius 2 is 0.788 bits per heavy atom. The number of rotatable bonds is 40. The van der Waals surface area contributed by atoms with Gasteiger partial charge in [-0.05, 0) is 103 Å². The summed E-state index contributed by atoms with van der Waals surface area (Å²) in [5.74, 6) is -0.345. The minimum Gasteiger partial charge on any atom is -0.463 e. The highest BCUT2D eigenvalue weighted by molar-refractivity contribution is 5.83. The van der Waals surface area contributed by atoms with E-state index in [4.69, 9.17) is 9.47 Å². The third-order valence-electron chi connectivity index (χ3n) is 10.1. The lowest BCUT2D eigenvalue weighted by Gasteiger charge is -2.22. The number of hydrogen-bond acceptors (Lipinski definition) is 6. The number of nitrogens with zero attached hydrogens (tertiary/aromatic N) is 1. The number of unbranched alkanes of at least 4 members (excludes halogenated alkanes) is 19. The van der Waals surface area contributed by atoms with Crippen molar-refractivity contribution in [2.24, 2.45) is 0 Å². The molecular formula is C46H87NO5. The van der Waals surface area contributed by atoms with E-state index in [0.29, 0.717) is 13.2 Å². The fourth-order valence-electron chi connectivity index (χ4n) is 6.86. The lowest BCUT2D eigenvalue weighted by Crippen LogP contribution is -2.28. The predicted molar refractivity (Wildman–Crippen MR) is 223 cm³/mol. The van der Waals surface area contributed by atoms with Crippen LogP contribution >= 0.6 is 0 Å². The first kappa shape index (κ1) is 50.3. The molecule has 0 atom stereocenters. The standard InChI is InChI=1S/C46H87NO5/c1-5-9-12-14-16-18-20-24-33-43(31-8-4)41-45(49)51-39-28-22-26-35-47(37-30-38-48)36-27-23-29-40-52-46(50)42-44(32-11-7-3)34-25-21-19-17-15-13-10-6-2/h41-42,48H,5-40H2,1-4H3/b43-41+,44-42+. The number of hydrogen-bond donors (Lipinski definition) is 1. The van der Waals surface area contributed by atoms with Crippen LogP contribution in [0.4, 0.5) is 0 Å². The fraction of sp³-hybridized carbons (Fsp3) is 0.870. The largest absolute Gasteiger partial charge is 0.463 e. The van der Waals surface area contributed by atoms with Crippen LogP contribution in [0.3, 0.4) is 0 Å². The van der Waals surface area contributed by atoms with E-state index in [2.05, 4.69) is 32.6 Å². The third kappa shape index (κ3) is 35.4. The Morgan fingerprint density at radius 1 is 0.423 bits per heavy atom. The van der Waals surface area contributed by atoms with Gasteiger partial charge in [0.15, 0.2) is 0 Å². The van der Waals surface area contributed by atoms with Gasteiger partial charge in [0, 0.05) is 25.3 Å². The Balaban J connectivity index is 4.25.